The molecule has 4 nitrogen and oxygen atoms in total. The molecule has 0 atom stereocenters. The van der Waals surface area contributed by atoms with Gasteiger partial charge in [-0.05, 0) is 38.5 Å². The van der Waals surface area contributed by atoms with Gasteiger partial charge in [-0.3, -0.25) is 9.59 Å². The number of rotatable bonds is 6. The van der Waals surface area contributed by atoms with Crippen molar-refractivity contribution in [2.45, 2.75) is 27.2 Å². The summed E-state index contributed by atoms with van der Waals surface area (Å²) in [6.45, 7) is 5.18. The van der Waals surface area contributed by atoms with Crippen molar-refractivity contribution in [2.24, 2.45) is 5.41 Å². The number of carbonyl (C=O) groups excluding carboxylic acids is 2. The summed E-state index contributed by atoms with van der Waals surface area (Å²) in [4.78, 5) is 24.0. The number of hydrogen-bond donors (Lipinski definition) is 0. The van der Waals surface area contributed by atoms with Crippen LogP contribution in [0.4, 0.5) is 0 Å². The first-order valence-corrected chi connectivity index (χ1v) is 6.25. The van der Waals surface area contributed by atoms with Crippen molar-refractivity contribution < 1.29 is 19.1 Å². The molecule has 19 heavy (non-hydrogen) atoms. The number of methoxy groups -OCH3 is 1. The normalized spacial score (nSPS) is 10.9. The number of benzene rings is 1. The molecule has 4 heteroatoms. The predicted molar refractivity (Wildman–Crippen MR) is 72.1 cm³/mol. The van der Waals surface area contributed by atoms with E-state index in [1.165, 1.54) is 0 Å². The van der Waals surface area contributed by atoms with E-state index in [-0.39, 0.29) is 18.8 Å². The van der Waals surface area contributed by atoms with Crippen LogP contribution in [0.15, 0.2) is 24.3 Å². The molecule has 0 amide bonds. The van der Waals surface area contributed by atoms with Crippen LogP contribution in [-0.2, 0) is 20.7 Å². The van der Waals surface area contributed by atoms with Gasteiger partial charge in [0.25, 0.3) is 0 Å². The Labute approximate surface area is 113 Å². The standard InChI is InChI=1S/C15H20O4/c1-5-19-14(17)15(2,3)13(16)10-11-7-6-8-12(9-11)18-4/h6-9H,5,10H2,1-4H3. The van der Waals surface area contributed by atoms with Crippen LogP contribution in [-0.4, -0.2) is 25.5 Å². The molecule has 1 aromatic carbocycles. The average molecular weight is 264 g/mol. The van der Waals surface area contributed by atoms with Gasteiger partial charge in [-0.1, -0.05) is 12.1 Å². The second-order valence-corrected chi connectivity index (χ2v) is 4.80. The summed E-state index contributed by atoms with van der Waals surface area (Å²) >= 11 is 0. The minimum atomic E-state index is -1.13. The first-order valence-electron chi connectivity index (χ1n) is 6.25. The van der Waals surface area contributed by atoms with Crippen LogP contribution in [0.3, 0.4) is 0 Å². The number of carbonyl (C=O) groups is 2. The van der Waals surface area contributed by atoms with Crippen LogP contribution in [0.25, 0.3) is 0 Å². The third-order valence-electron chi connectivity index (χ3n) is 2.98. The van der Waals surface area contributed by atoms with Gasteiger partial charge in [-0.25, -0.2) is 0 Å². The van der Waals surface area contributed by atoms with Crippen LogP contribution in [0.1, 0.15) is 26.3 Å². The van der Waals surface area contributed by atoms with E-state index in [9.17, 15) is 9.59 Å². The van der Waals surface area contributed by atoms with Crippen molar-refractivity contribution in [1.29, 1.82) is 0 Å². The number of ketones is 1. The molecule has 1 aromatic rings. The fraction of sp³-hybridized carbons (Fsp3) is 0.467. The van der Waals surface area contributed by atoms with Gasteiger partial charge < -0.3 is 9.47 Å². The van der Waals surface area contributed by atoms with Crippen molar-refractivity contribution in [3.63, 3.8) is 0 Å². The van der Waals surface area contributed by atoms with Gasteiger partial charge in [-0.2, -0.15) is 0 Å². The van der Waals surface area contributed by atoms with E-state index >= 15 is 0 Å². The maximum absolute atomic E-state index is 12.2. The SMILES string of the molecule is CCOC(=O)C(C)(C)C(=O)Cc1cccc(OC)c1. The van der Waals surface area contributed by atoms with Crippen molar-refractivity contribution in [3.8, 4) is 5.75 Å². The molecular formula is C15H20O4. The van der Waals surface area contributed by atoms with E-state index in [0.717, 1.165) is 5.56 Å². The van der Waals surface area contributed by atoms with Gasteiger partial charge in [0, 0.05) is 6.42 Å². The van der Waals surface area contributed by atoms with Crippen LogP contribution in [0.5, 0.6) is 5.75 Å². The summed E-state index contributed by atoms with van der Waals surface area (Å²) < 4.78 is 10.0. The molecule has 0 saturated carbocycles. The van der Waals surface area contributed by atoms with E-state index in [4.69, 9.17) is 9.47 Å². The molecule has 0 fully saturated rings. The molecule has 0 spiro atoms. The molecular weight excluding hydrogens is 244 g/mol. The number of hydrogen-bond acceptors (Lipinski definition) is 4. The summed E-state index contributed by atoms with van der Waals surface area (Å²) in [5.41, 5.74) is -0.305. The molecule has 0 bridgehead atoms. The highest BCUT2D eigenvalue weighted by molar-refractivity contribution is 6.03. The Balaban J connectivity index is 2.80. The second kappa shape index (κ2) is 6.36. The monoisotopic (exact) mass is 264 g/mol. The summed E-state index contributed by atoms with van der Waals surface area (Å²) in [5, 5.41) is 0. The van der Waals surface area contributed by atoms with E-state index in [0.29, 0.717) is 5.75 Å². The first kappa shape index (κ1) is 15.2. The summed E-state index contributed by atoms with van der Waals surface area (Å²) in [7, 11) is 1.57. The van der Waals surface area contributed by atoms with Crippen molar-refractivity contribution in [2.75, 3.05) is 13.7 Å². The molecule has 0 aliphatic carbocycles. The lowest BCUT2D eigenvalue weighted by molar-refractivity contribution is -0.157. The molecule has 0 aliphatic rings. The number of esters is 1. The average Bonchev–Trinajstić information content (AvgIpc) is 2.39. The Morgan fingerprint density at radius 1 is 1.26 bits per heavy atom. The first-order chi connectivity index (χ1) is 8.91. The zero-order valence-corrected chi connectivity index (χ0v) is 11.9. The van der Waals surface area contributed by atoms with Gasteiger partial charge in [0.15, 0.2) is 5.78 Å². The lowest BCUT2D eigenvalue weighted by atomic mass is 9.85. The topological polar surface area (TPSA) is 52.6 Å². The second-order valence-electron chi connectivity index (χ2n) is 4.80. The van der Waals surface area contributed by atoms with Crippen LogP contribution >= 0.6 is 0 Å². The summed E-state index contributed by atoms with van der Waals surface area (Å²) in [6, 6.07) is 7.25. The molecule has 0 N–H and O–H groups in total. The molecule has 0 unspecified atom stereocenters. The van der Waals surface area contributed by atoms with Gasteiger partial charge in [-0.15, -0.1) is 0 Å². The van der Waals surface area contributed by atoms with Crippen LogP contribution < -0.4 is 4.74 Å². The molecule has 0 radical (unpaired) electrons. The highest BCUT2D eigenvalue weighted by Crippen LogP contribution is 2.22. The lowest BCUT2D eigenvalue weighted by Gasteiger charge is -2.20. The van der Waals surface area contributed by atoms with E-state index in [1.807, 2.05) is 18.2 Å². The molecule has 0 saturated heterocycles. The van der Waals surface area contributed by atoms with Gasteiger partial charge in [0.1, 0.15) is 11.2 Å². The molecule has 0 aliphatic heterocycles. The van der Waals surface area contributed by atoms with E-state index < -0.39 is 11.4 Å². The van der Waals surface area contributed by atoms with Gasteiger partial charge in [0.2, 0.25) is 0 Å². The molecule has 1 rings (SSSR count). The van der Waals surface area contributed by atoms with Gasteiger partial charge in [0.05, 0.1) is 13.7 Å². The summed E-state index contributed by atoms with van der Waals surface area (Å²) in [5.74, 6) is 0.0429. The highest BCUT2D eigenvalue weighted by atomic mass is 16.5. The quantitative estimate of drug-likeness (QED) is 0.585. The predicted octanol–water partition coefficient (Wildman–Crippen LogP) is 2.40. The Kier molecular flexibility index (Phi) is 5.10. The van der Waals surface area contributed by atoms with E-state index in [2.05, 4.69) is 0 Å². The van der Waals surface area contributed by atoms with E-state index in [1.54, 1.807) is 33.9 Å². The van der Waals surface area contributed by atoms with Crippen molar-refractivity contribution >= 4 is 11.8 Å². The molecule has 0 aromatic heterocycles. The Morgan fingerprint density at radius 2 is 1.95 bits per heavy atom. The minimum Gasteiger partial charge on any atom is -0.497 e. The van der Waals surface area contributed by atoms with Crippen molar-refractivity contribution in [1.82, 2.24) is 0 Å². The number of ether oxygens (including phenoxy) is 2. The smallest absolute Gasteiger partial charge is 0.319 e. The zero-order valence-electron chi connectivity index (χ0n) is 11.9. The largest absolute Gasteiger partial charge is 0.497 e. The maximum atomic E-state index is 12.2. The third kappa shape index (κ3) is 3.81. The maximum Gasteiger partial charge on any atom is 0.319 e. The number of Topliss-reactive ketones (excluding diaryl/α,β-unsaturated/α-hetero) is 1. The Bertz CT molecular complexity index is 463. The Morgan fingerprint density at radius 3 is 2.53 bits per heavy atom. The van der Waals surface area contributed by atoms with Crippen molar-refractivity contribution in [3.05, 3.63) is 29.8 Å². The van der Waals surface area contributed by atoms with Crippen LogP contribution in [0, 0.1) is 5.41 Å². The van der Waals surface area contributed by atoms with Crippen LogP contribution in [0.2, 0.25) is 0 Å². The fourth-order valence-electron chi connectivity index (χ4n) is 1.61. The molecule has 0 heterocycles. The highest BCUT2D eigenvalue weighted by Gasteiger charge is 2.36. The third-order valence-corrected chi connectivity index (χ3v) is 2.98. The molecule has 104 valence electrons. The zero-order chi connectivity index (χ0) is 14.5. The lowest BCUT2D eigenvalue weighted by Crippen LogP contribution is -2.36. The Hall–Kier alpha value is -1.84. The van der Waals surface area contributed by atoms with Gasteiger partial charge >= 0.3 is 5.97 Å². The minimum absolute atomic E-state index is 0.167. The summed E-state index contributed by atoms with van der Waals surface area (Å²) in [6.07, 6.45) is 0.184. The fourth-order valence-corrected chi connectivity index (χ4v) is 1.61.